The fraction of sp³-hybridized carbons (Fsp3) is 0.600. The van der Waals surface area contributed by atoms with E-state index >= 15 is 0 Å². The van der Waals surface area contributed by atoms with Crippen LogP contribution in [0.4, 0.5) is 4.39 Å². The van der Waals surface area contributed by atoms with E-state index in [-0.39, 0.29) is 5.82 Å². The van der Waals surface area contributed by atoms with Crippen LogP contribution in [0.3, 0.4) is 0 Å². The first-order valence-corrected chi connectivity index (χ1v) is 6.80. The third-order valence-electron chi connectivity index (χ3n) is 3.95. The Labute approximate surface area is 109 Å². The maximum atomic E-state index is 13.4. The lowest BCUT2D eigenvalue weighted by molar-refractivity contribution is 0.272. The number of nitrogens with zero attached hydrogens (tertiary/aromatic N) is 1. The molecular formula is C15H23FN2. The van der Waals surface area contributed by atoms with Crippen LogP contribution in [0.15, 0.2) is 18.2 Å². The SMILES string of the molecule is CCNCC1CCN(C)C1c1ccc(F)c(C)c1. The van der Waals surface area contributed by atoms with Crippen LogP contribution in [0.5, 0.6) is 0 Å². The van der Waals surface area contributed by atoms with Crippen molar-refractivity contribution in [2.45, 2.75) is 26.3 Å². The second kappa shape index (κ2) is 5.81. The summed E-state index contributed by atoms with van der Waals surface area (Å²) in [5.41, 5.74) is 1.99. The minimum Gasteiger partial charge on any atom is -0.317 e. The predicted molar refractivity (Wildman–Crippen MR) is 73.2 cm³/mol. The van der Waals surface area contributed by atoms with Crippen molar-refractivity contribution in [2.24, 2.45) is 5.92 Å². The van der Waals surface area contributed by atoms with E-state index in [1.807, 2.05) is 19.1 Å². The number of benzene rings is 1. The first-order valence-electron chi connectivity index (χ1n) is 6.80. The second-order valence-corrected chi connectivity index (χ2v) is 5.29. The summed E-state index contributed by atoms with van der Waals surface area (Å²) < 4.78 is 13.4. The highest BCUT2D eigenvalue weighted by molar-refractivity contribution is 5.27. The van der Waals surface area contributed by atoms with Crippen molar-refractivity contribution in [3.8, 4) is 0 Å². The van der Waals surface area contributed by atoms with Crippen molar-refractivity contribution < 1.29 is 4.39 Å². The van der Waals surface area contributed by atoms with Crippen molar-refractivity contribution in [3.05, 3.63) is 35.1 Å². The number of nitrogens with one attached hydrogen (secondary N) is 1. The summed E-state index contributed by atoms with van der Waals surface area (Å²) in [7, 11) is 2.16. The number of halogens is 1. The lowest BCUT2D eigenvalue weighted by atomic mass is 9.92. The van der Waals surface area contributed by atoms with E-state index in [0.29, 0.717) is 12.0 Å². The Bertz CT molecular complexity index is 405. The Morgan fingerprint density at radius 1 is 1.44 bits per heavy atom. The lowest BCUT2D eigenvalue weighted by Gasteiger charge is -2.26. The van der Waals surface area contributed by atoms with Gasteiger partial charge < -0.3 is 5.32 Å². The highest BCUT2D eigenvalue weighted by atomic mass is 19.1. The van der Waals surface area contributed by atoms with Gasteiger partial charge in [-0.3, -0.25) is 4.90 Å². The molecule has 0 aromatic heterocycles. The fourth-order valence-electron chi connectivity index (χ4n) is 2.95. The molecule has 0 saturated carbocycles. The van der Waals surface area contributed by atoms with Crippen LogP contribution in [0.1, 0.15) is 30.5 Å². The quantitative estimate of drug-likeness (QED) is 0.884. The smallest absolute Gasteiger partial charge is 0.126 e. The number of likely N-dealkylation sites (tertiary alicyclic amines) is 1. The molecule has 1 aromatic rings. The van der Waals surface area contributed by atoms with Gasteiger partial charge in [0.1, 0.15) is 5.82 Å². The van der Waals surface area contributed by atoms with Crippen LogP contribution >= 0.6 is 0 Å². The van der Waals surface area contributed by atoms with Crippen molar-refractivity contribution >= 4 is 0 Å². The van der Waals surface area contributed by atoms with E-state index < -0.39 is 0 Å². The Kier molecular flexibility index (Phi) is 4.36. The van der Waals surface area contributed by atoms with Crippen molar-refractivity contribution in [3.63, 3.8) is 0 Å². The van der Waals surface area contributed by atoms with Crippen LogP contribution in [-0.4, -0.2) is 31.6 Å². The van der Waals surface area contributed by atoms with Gasteiger partial charge in [0.25, 0.3) is 0 Å². The highest BCUT2D eigenvalue weighted by Crippen LogP contribution is 2.36. The van der Waals surface area contributed by atoms with E-state index in [4.69, 9.17) is 0 Å². The van der Waals surface area contributed by atoms with Gasteiger partial charge in [0.05, 0.1) is 0 Å². The van der Waals surface area contributed by atoms with Crippen LogP contribution in [0.2, 0.25) is 0 Å². The summed E-state index contributed by atoms with van der Waals surface area (Å²) in [6.07, 6.45) is 1.21. The van der Waals surface area contributed by atoms with Crippen molar-refractivity contribution in [1.29, 1.82) is 0 Å². The molecule has 1 aliphatic heterocycles. The Hall–Kier alpha value is -0.930. The van der Waals surface area contributed by atoms with Gasteiger partial charge in [-0.05, 0) is 63.1 Å². The molecule has 0 amide bonds. The summed E-state index contributed by atoms with van der Waals surface area (Å²) in [4.78, 5) is 2.38. The largest absolute Gasteiger partial charge is 0.317 e. The lowest BCUT2D eigenvalue weighted by Crippen LogP contribution is -2.28. The fourth-order valence-corrected chi connectivity index (χ4v) is 2.95. The zero-order chi connectivity index (χ0) is 13.1. The van der Waals surface area contributed by atoms with Gasteiger partial charge in [-0.1, -0.05) is 19.1 Å². The van der Waals surface area contributed by atoms with E-state index in [1.165, 1.54) is 12.0 Å². The van der Waals surface area contributed by atoms with Crippen molar-refractivity contribution in [2.75, 3.05) is 26.7 Å². The van der Waals surface area contributed by atoms with Gasteiger partial charge in [0.15, 0.2) is 0 Å². The van der Waals surface area contributed by atoms with Gasteiger partial charge in [-0.2, -0.15) is 0 Å². The van der Waals surface area contributed by atoms with Crippen LogP contribution in [-0.2, 0) is 0 Å². The highest BCUT2D eigenvalue weighted by Gasteiger charge is 2.32. The summed E-state index contributed by atoms with van der Waals surface area (Å²) in [5, 5.41) is 3.44. The van der Waals surface area contributed by atoms with E-state index in [0.717, 1.165) is 25.2 Å². The summed E-state index contributed by atoms with van der Waals surface area (Å²) in [6.45, 7) is 7.15. The maximum absolute atomic E-state index is 13.4. The average molecular weight is 250 g/mol. The van der Waals surface area contributed by atoms with Crippen molar-refractivity contribution in [1.82, 2.24) is 10.2 Å². The topological polar surface area (TPSA) is 15.3 Å². The first kappa shape index (κ1) is 13.5. The predicted octanol–water partition coefficient (Wildman–Crippen LogP) is 2.74. The van der Waals surface area contributed by atoms with Gasteiger partial charge in [0.2, 0.25) is 0 Å². The molecule has 0 radical (unpaired) electrons. The maximum Gasteiger partial charge on any atom is 0.126 e. The molecular weight excluding hydrogens is 227 g/mol. The van der Waals surface area contributed by atoms with Gasteiger partial charge in [-0.15, -0.1) is 0 Å². The zero-order valence-corrected chi connectivity index (χ0v) is 11.5. The third-order valence-corrected chi connectivity index (χ3v) is 3.95. The zero-order valence-electron chi connectivity index (χ0n) is 11.5. The Morgan fingerprint density at radius 3 is 2.89 bits per heavy atom. The van der Waals surface area contributed by atoms with Gasteiger partial charge in [0, 0.05) is 6.04 Å². The average Bonchev–Trinajstić information content (AvgIpc) is 2.71. The number of hydrogen-bond donors (Lipinski definition) is 1. The van der Waals surface area contributed by atoms with E-state index in [2.05, 4.69) is 24.2 Å². The number of aryl methyl sites for hydroxylation is 1. The molecule has 1 saturated heterocycles. The molecule has 18 heavy (non-hydrogen) atoms. The molecule has 1 aliphatic rings. The van der Waals surface area contributed by atoms with Gasteiger partial charge in [-0.25, -0.2) is 4.39 Å². The molecule has 3 heteroatoms. The number of rotatable bonds is 4. The first-order chi connectivity index (χ1) is 8.63. The molecule has 1 fully saturated rings. The number of hydrogen-bond acceptors (Lipinski definition) is 2. The molecule has 2 atom stereocenters. The van der Waals surface area contributed by atoms with E-state index in [1.54, 1.807) is 6.07 Å². The molecule has 100 valence electrons. The summed E-state index contributed by atoms with van der Waals surface area (Å²) in [6, 6.07) is 5.96. The summed E-state index contributed by atoms with van der Waals surface area (Å²) >= 11 is 0. The van der Waals surface area contributed by atoms with E-state index in [9.17, 15) is 4.39 Å². The molecule has 2 rings (SSSR count). The Morgan fingerprint density at radius 2 is 2.22 bits per heavy atom. The normalized spacial score (nSPS) is 24.7. The molecule has 2 nitrogen and oxygen atoms in total. The molecule has 0 aliphatic carbocycles. The molecule has 2 unspecified atom stereocenters. The molecule has 0 bridgehead atoms. The minimum atomic E-state index is -0.109. The van der Waals surface area contributed by atoms with Crippen LogP contribution in [0.25, 0.3) is 0 Å². The third kappa shape index (κ3) is 2.73. The van der Waals surface area contributed by atoms with Gasteiger partial charge >= 0.3 is 0 Å². The molecule has 0 spiro atoms. The molecule has 1 heterocycles. The summed E-state index contributed by atoms with van der Waals surface area (Å²) in [5.74, 6) is 0.516. The molecule has 1 aromatic carbocycles. The monoisotopic (exact) mass is 250 g/mol. The second-order valence-electron chi connectivity index (χ2n) is 5.29. The van der Waals surface area contributed by atoms with Crippen LogP contribution in [0, 0.1) is 18.7 Å². The molecule has 1 N–H and O–H groups in total. The Balaban J connectivity index is 2.19. The standard InChI is InChI=1S/C15H23FN2/c1-4-17-10-13-7-8-18(3)15(13)12-5-6-14(16)11(2)9-12/h5-6,9,13,15,17H,4,7-8,10H2,1-3H3. The minimum absolute atomic E-state index is 0.109. The van der Waals surface area contributed by atoms with Crippen LogP contribution < -0.4 is 5.32 Å².